The minimum atomic E-state index is -4.85. The van der Waals surface area contributed by atoms with Crippen molar-refractivity contribution in [2.45, 2.75) is 38.8 Å². The van der Waals surface area contributed by atoms with Crippen molar-refractivity contribution in [1.29, 1.82) is 0 Å². The Labute approximate surface area is 326 Å². The summed E-state index contributed by atoms with van der Waals surface area (Å²) in [6.45, 7) is 2.02. The molecule has 0 aliphatic carbocycles. The first-order valence-corrected chi connectivity index (χ1v) is 19.6. The third kappa shape index (κ3) is 9.88. The molecule has 284 valence electrons. The maximum Gasteiger partial charge on any atom is 0.417 e. The monoisotopic (exact) mass is 807 g/mol. The molecule has 55 heavy (non-hydrogen) atoms. The standard InChI is InChI=1S/C41H34Cl2F3N3O5S/c1-2-3-4-21-55(52,53)48-30-12-17-33(18-13-30)54-32-15-9-28(10-16-32)27-7-5-26(6-8-27)22-39-47-38(34-19-11-29(42)23-37(34)43)25-49(39)31-14-20-36(41(44,45)46)35(24-31)40(50)51/h5-20,23-25,48H,2-4,21-22H2,1H3,(H,50,51). The number of ether oxygens (including phenoxy) is 1. The molecule has 0 saturated heterocycles. The lowest BCUT2D eigenvalue weighted by molar-refractivity contribution is -0.138. The summed E-state index contributed by atoms with van der Waals surface area (Å²) in [6, 6.07) is 29.6. The predicted molar refractivity (Wildman–Crippen MR) is 209 cm³/mol. The fraction of sp³-hybridized carbons (Fsp3) is 0.171. The van der Waals surface area contributed by atoms with Crippen molar-refractivity contribution in [1.82, 2.24) is 9.55 Å². The normalized spacial score (nSPS) is 11.7. The largest absolute Gasteiger partial charge is 0.478 e. The van der Waals surface area contributed by atoms with Crippen LogP contribution in [0.3, 0.4) is 0 Å². The second-order valence-electron chi connectivity index (χ2n) is 12.7. The van der Waals surface area contributed by atoms with E-state index in [9.17, 15) is 31.5 Å². The lowest BCUT2D eigenvalue weighted by Crippen LogP contribution is -2.16. The van der Waals surface area contributed by atoms with Gasteiger partial charge in [-0.2, -0.15) is 13.2 Å². The average Bonchev–Trinajstić information content (AvgIpc) is 3.55. The predicted octanol–water partition coefficient (Wildman–Crippen LogP) is 11.5. The number of aromatic carboxylic acids is 1. The van der Waals surface area contributed by atoms with Crippen LogP contribution in [-0.4, -0.2) is 34.8 Å². The molecule has 2 N–H and O–H groups in total. The Balaban J connectivity index is 1.19. The van der Waals surface area contributed by atoms with E-state index < -0.39 is 33.3 Å². The number of rotatable bonds is 14. The summed E-state index contributed by atoms with van der Waals surface area (Å²) in [5.41, 5.74) is 2.13. The highest BCUT2D eigenvalue weighted by molar-refractivity contribution is 7.92. The van der Waals surface area contributed by atoms with Crippen LogP contribution in [0.5, 0.6) is 11.5 Å². The van der Waals surface area contributed by atoms with Crippen LogP contribution in [-0.2, 0) is 22.6 Å². The maximum atomic E-state index is 13.6. The van der Waals surface area contributed by atoms with E-state index >= 15 is 0 Å². The maximum absolute atomic E-state index is 13.6. The number of nitrogens with one attached hydrogen (secondary N) is 1. The molecule has 0 amide bonds. The average molecular weight is 809 g/mol. The molecule has 0 radical (unpaired) electrons. The number of unbranched alkanes of at least 4 members (excludes halogenated alkanes) is 2. The Morgan fingerprint density at radius 1 is 0.855 bits per heavy atom. The number of anilines is 1. The summed E-state index contributed by atoms with van der Waals surface area (Å²) in [4.78, 5) is 16.6. The Morgan fingerprint density at radius 2 is 1.49 bits per heavy atom. The van der Waals surface area contributed by atoms with Gasteiger partial charge in [0.15, 0.2) is 0 Å². The summed E-state index contributed by atoms with van der Waals surface area (Å²) in [5.74, 6) is -0.0676. The van der Waals surface area contributed by atoms with Gasteiger partial charge < -0.3 is 14.4 Å². The molecule has 0 unspecified atom stereocenters. The third-order valence-corrected chi connectivity index (χ3v) is 10.6. The highest BCUT2D eigenvalue weighted by Gasteiger charge is 2.35. The Hall–Kier alpha value is -5.30. The molecule has 0 saturated carbocycles. The lowest BCUT2D eigenvalue weighted by Gasteiger charge is -2.14. The zero-order valence-electron chi connectivity index (χ0n) is 29.3. The number of hydrogen-bond acceptors (Lipinski definition) is 5. The van der Waals surface area contributed by atoms with Gasteiger partial charge in [0.1, 0.15) is 17.3 Å². The molecule has 6 aromatic rings. The van der Waals surface area contributed by atoms with Crippen LogP contribution < -0.4 is 9.46 Å². The van der Waals surface area contributed by atoms with Gasteiger partial charge in [0.05, 0.1) is 27.6 Å². The summed E-state index contributed by atoms with van der Waals surface area (Å²) < 4.78 is 75.6. The minimum Gasteiger partial charge on any atom is -0.478 e. The second-order valence-corrected chi connectivity index (χ2v) is 15.4. The smallest absolute Gasteiger partial charge is 0.417 e. The number of carboxylic acids is 1. The van der Waals surface area contributed by atoms with Gasteiger partial charge in [-0.25, -0.2) is 18.2 Å². The molecule has 14 heteroatoms. The molecule has 6 rings (SSSR count). The van der Waals surface area contributed by atoms with E-state index in [-0.39, 0.29) is 17.9 Å². The number of aromatic nitrogens is 2. The summed E-state index contributed by atoms with van der Waals surface area (Å²) in [5, 5.41) is 10.4. The van der Waals surface area contributed by atoms with E-state index in [1.807, 2.05) is 55.5 Å². The van der Waals surface area contributed by atoms with Crippen molar-refractivity contribution in [2.75, 3.05) is 10.5 Å². The third-order valence-electron chi connectivity index (χ3n) is 8.69. The number of nitrogens with zero attached hydrogens (tertiary/aromatic N) is 2. The number of carboxylic acid groups (broad SMARTS) is 1. The highest BCUT2D eigenvalue weighted by atomic mass is 35.5. The number of benzene rings is 5. The molecule has 1 heterocycles. The number of alkyl halides is 3. The van der Waals surface area contributed by atoms with E-state index in [4.69, 9.17) is 32.9 Å². The highest BCUT2D eigenvalue weighted by Crippen LogP contribution is 2.35. The SMILES string of the molecule is CCCCCS(=O)(=O)Nc1ccc(Oc2ccc(-c3ccc(Cc4nc(-c5ccc(Cl)cc5Cl)cn4-c4ccc(C(F)(F)F)c(C(=O)O)c4)cc3)cc2)cc1. The van der Waals surface area contributed by atoms with Crippen LogP contribution in [0.1, 0.15) is 53.5 Å². The molecule has 0 aliphatic rings. The summed E-state index contributed by atoms with van der Waals surface area (Å²) in [6.07, 6.45) is -0.609. The molecular formula is C41H34Cl2F3N3O5S. The van der Waals surface area contributed by atoms with Gasteiger partial charge in [0.25, 0.3) is 0 Å². The fourth-order valence-corrected chi connectivity index (χ4v) is 7.60. The van der Waals surface area contributed by atoms with Gasteiger partial charge in [-0.15, -0.1) is 0 Å². The number of carbonyl (C=O) groups is 1. The summed E-state index contributed by atoms with van der Waals surface area (Å²) >= 11 is 12.6. The van der Waals surface area contributed by atoms with Crippen molar-refractivity contribution >= 4 is 44.9 Å². The van der Waals surface area contributed by atoms with Crippen molar-refractivity contribution in [3.8, 4) is 39.6 Å². The second kappa shape index (κ2) is 16.6. The molecule has 1 aromatic heterocycles. The minimum absolute atomic E-state index is 0.0734. The van der Waals surface area contributed by atoms with Gasteiger partial charge in [0, 0.05) is 34.6 Å². The van der Waals surface area contributed by atoms with Crippen LogP contribution in [0.25, 0.3) is 28.1 Å². The fourth-order valence-electron chi connectivity index (χ4n) is 5.91. The Morgan fingerprint density at radius 3 is 2.09 bits per heavy atom. The van der Waals surface area contributed by atoms with E-state index in [2.05, 4.69) is 4.72 Å². The number of hydrogen-bond donors (Lipinski definition) is 2. The van der Waals surface area contributed by atoms with Crippen LogP contribution in [0, 0.1) is 0 Å². The molecule has 8 nitrogen and oxygen atoms in total. The first kappa shape index (κ1) is 39.4. The van der Waals surface area contributed by atoms with Crippen LogP contribution in [0.15, 0.2) is 115 Å². The topological polar surface area (TPSA) is 111 Å². The van der Waals surface area contributed by atoms with Crippen LogP contribution in [0.4, 0.5) is 18.9 Å². The van der Waals surface area contributed by atoms with Crippen molar-refractivity contribution in [3.05, 3.63) is 148 Å². The van der Waals surface area contributed by atoms with E-state index in [0.29, 0.717) is 50.7 Å². The summed E-state index contributed by atoms with van der Waals surface area (Å²) in [7, 11) is -3.42. The number of sulfonamides is 1. The van der Waals surface area contributed by atoms with E-state index in [0.717, 1.165) is 41.7 Å². The van der Waals surface area contributed by atoms with Gasteiger partial charge in [-0.05, 0) is 95.9 Å². The molecule has 0 atom stereocenters. The quantitative estimate of drug-likeness (QED) is 0.106. The van der Waals surface area contributed by atoms with E-state index in [1.165, 1.54) is 6.07 Å². The molecule has 0 bridgehead atoms. The van der Waals surface area contributed by atoms with Gasteiger partial charge in [-0.1, -0.05) is 79.4 Å². The van der Waals surface area contributed by atoms with Crippen molar-refractivity contribution < 1.29 is 36.2 Å². The van der Waals surface area contributed by atoms with Gasteiger partial charge >= 0.3 is 12.1 Å². The van der Waals surface area contributed by atoms with Crippen LogP contribution >= 0.6 is 23.2 Å². The number of imidazole rings is 1. The van der Waals surface area contributed by atoms with Crippen LogP contribution in [0.2, 0.25) is 10.0 Å². The molecular weight excluding hydrogens is 774 g/mol. The Kier molecular flexibility index (Phi) is 11.9. The first-order valence-electron chi connectivity index (χ1n) is 17.2. The molecule has 0 spiro atoms. The van der Waals surface area contributed by atoms with E-state index in [1.54, 1.807) is 53.2 Å². The van der Waals surface area contributed by atoms with Gasteiger partial charge in [-0.3, -0.25) is 4.72 Å². The first-order chi connectivity index (χ1) is 26.2. The van der Waals surface area contributed by atoms with Crippen molar-refractivity contribution in [2.24, 2.45) is 0 Å². The molecule has 5 aromatic carbocycles. The van der Waals surface area contributed by atoms with Crippen molar-refractivity contribution in [3.63, 3.8) is 0 Å². The Bertz CT molecular complexity index is 2420. The zero-order chi connectivity index (χ0) is 39.3. The number of halogens is 5. The van der Waals surface area contributed by atoms with Gasteiger partial charge in [0.2, 0.25) is 10.0 Å². The zero-order valence-corrected chi connectivity index (χ0v) is 31.6. The molecule has 0 fully saturated rings. The molecule has 0 aliphatic heterocycles. The lowest BCUT2D eigenvalue weighted by atomic mass is 10.0.